The lowest BCUT2D eigenvalue weighted by Crippen LogP contribution is -2.47. The van der Waals surface area contributed by atoms with Crippen LogP contribution in [0.15, 0.2) is 23.2 Å². The predicted molar refractivity (Wildman–Crippen MR) is 143 cm³/mol. The number of nitrogens with one attached hydrogen (secondary N) is 2. The molecule has 3 aliphatic rings. The largest absolute Gasteiger partial charge is 0.494 e. The zero-order chi connectivity index (χ0) is 26.0. The van der Waals surface area contributed by atoms with E-state index in [1.54, 1.807) is 0 Å². The second-order valence-corrected chi connectivity index (χ2v) is 10.6. The highest BCUT2D eigenvalue weighted by Gasteiger charge is 2.24. The molecule has 1 heterocycles. The maximum atomic E-state index is 12.7. The molecule has 4 rings (SSSR count). The molecule has 37 heavy (non-hydrogen) atoms. The lowest BCUT2D eigenvalue weighted by molar-refractivity contribution is -0.132. The molecule has 2 N–H and O–H groups in total. The number of hydrogen-bond acceptors (Lipinski definition) is 7. The number of carbonyl (C=O) groups is 2. The molecule has 0 spiro atoms. The first kappa shape index (κ1) is 27.2. The summed E-state index contributed by atoms with van der Waals surface area (Å²) in [7, 11) is 3.46. The number of hydroxylamine groups is 1. The molecule has 2 aliphatic carbocycles. The van der Waals surface area contributed by atoms with E-state index in [1.807, 2.05) is 35.0 Å². The van der Waals surface area contributed by atoms with Gasteiger partial charge < -0.3 is 19.9 Å². The van der Waals surface area contributed by atoms with Crippen molar-refractivity contribution in [3.63, 3.8) is 0 Å². The van der Waals surface area contributed by atoms with Crippen LogP contribution in [0, 0.1) is 5.92 Å². The maximum Gasteiger partial charge on any atom is 0.239 e. The summed E-state index contributed by atoms with van der Waals surface area (Å²) in [6.45, 7) is 1.94. The Morgan fingerprint density at radius 1 is 1.11 bits per heavy atom. The molecule has 0 bridgehead atoms. The Bertz CT molecular complexity index is 941. The first-order valence-corrected chi connectivity index (χ1v) is 13.9. The van der Waals surface area contributed by atoms with E-state index < -0.39 is 0 Å². The van der Waals surface area contributed by atoms with Crippen LogP contribution < -0.4 is 15.5 Å². The minimum Gasteiger partial charge on any atom is -0.494 e. The summed E-state index contributed by atoms with van der Waals surface area (Å²) in [6.07, 6.45) is 12.1. The van der Waals surface area contributed by atoms with Gasteiger partial charge in [0.05, 0.1) is 19.4 Å². The quantitative estimate of drug-likeness (QED) is 0.344. The van der Waals surface area contributed by atoms with E-state index >= 15 is 0 Å². The Kier molecular flexibility index (Phi) is 10.0. The summed E-state index contributed by atoms with van der Waals surface area (Å²) in [5.74, 6) is 2.03. The first-order chi connectivity index (χ1) is 18.0. The van der Waals surface area contributed by atoms with Crippen molar-refractivity contribution < 1.29 is 19.2 Å². The molecule has 0 unspecified atom stereocenters. The first-order valence-electron chi connectivity index (χ1n) is 13.9. The lowest BCUT2D eigenvalue weighted by atomic mass is 9.89. The van der Waals surface area contributed by atoms with E-state index in [9.17, 15) is 9.59 Å². The fraction of sp³-hybridized carbons (Fsp3) is 0.679. The number of benzene rings is 1. The molecule has 9 nitrogen and oxygen atoms in total. The van der Waals surface area contributed by atoms with Crippen LogP contribution in [0.1, 0.15) is 76.2 Å². The molecule has 0 saturated heterocycles. The number of ether oxygens (including phenoxy) is 1. The number of nitrogens with zero attached hydrogens (tertiary/aromatic N) is 3. The summed E-state index contributed by atoms with van der Waals surface area (Å²) in [5, 5.41) is 3.11. The fourth-order valence-electron chi connectivity index (χ4n) is 5.63. The molecule has 204 valence electrons. The Morgan fingerprint density at radius 3 is 2.62 bits per heavy atom. The third-order valence-electron chi connectivity index (χ3n) is 7.85. The van der Waals surface area contributed by atoms with Crippen molar-refractivity contribution in [2.45, 2.75) is 83.2 Å². The average Bonchev–Trinajstić information content (AvgIpc) is 3.45. The van der Waals surface area contributed by atoms with Crippen molar-refractivity contribution in [3.8, 4) is 5.75 Å². The van der Waals surface area contributed by atoms with Gasteiger partial charge in [0.1, 0.15) is 12.3 Å². The van der Waals surface area contributed by atoms with Crippen LogP contribution in [-0.4, -0.2) is 67.5 Å². The monoisotopic (exact) mass is 513 g/mol. The van der Waals surface area contributed by atoms with Gasteiger partial charge in [0.25, 0.3) is 0 Å². The number of amides is 2. The number of carbonyl (C=O) groups excluding carboxylic acids is 2. The Balaban J connectivity index is 1.27. The van der Waals surface area contributed by atoms with E-state index in [-0.39, 0.29) is 18.4 Å². The van der Waals surface area contributed by atoms with Gasteiger partial charge in [-0.3, -0.25) is 14.4 Å². The van der Waals surface area contributed by atoms with Gasteiger partial charge in [0.2, 0.25) is 17.8 Å². The topological polar surface area (TPSA) is 95.5 Å². The third-order valence-corrected chi connectivity index (χ3v) is 7.85. The summed E-state index contributed by atoms with van der Waals surface area (Å²) in [6, 6.07) is 6.19. The SMILES string of the molecule is CONC1=Nc2ccc(OCCCC(=O)N(C)C3CCCC3)cc2CN1CC(=O)NCC1CCCCC1. The Hall–Kier alpha value is -2.81. The molecule has 0 radical (unpaired) electrons. The van der Waals surface area contributed by atoms with Gasteiger partial charge in [-0.05, 0) is 56.2 Å². The average molecular weight is 514 g/mol. The third kappa shape index (κ3) is 7.84. The van der Waals surface area contributed by atoms with Crippen LogP contribution in [0.3, 0.4) is 0 Å². The van der Waals surface area contributed by atoms with Gasteiger partial charge in [-0.2, -0.15) is 0 Å². The number of aliphatic imine (C=N–C) groups is 1. The highest BCUT2D eigenvalue weighted by molar-refractivity contribution is 5.89. The molecule has 2 amide bonds. The number of hydrogen-bond donors (Lipinski definition) is 2. The summed E-state index contributed by atoms with van der Waals surface area (Å²) in [4.78, 5) is 38.8. The van der Waals surface area contributed by atoms with Gasteiger partial charge in [-0.1, -0.05) is 32.1 Å². The van der Waals surface area contributed by atoms with Crippen molar-refractivity contribution in [1.29, 1.82) is 0 Å². The molecule has 2 saturated carbocycles. The summed E-state index contributed by atoms with van der Waals surface area (Å²) >= 11 is 0. The molecule has 1 aromatic carbocycles. The van der Waals surface area contributed by atoms with Crippen molar-refractivity contribution in [3.05, 3.63) is 23.8 Å². The number of guanidine groups is 1. The number of rotatable bonds is 11. The highest BCUT2D eigenvalue weighted by Crippen LogP contribution is 2.30. The summed E-state index contributed by atoms with van der Waals surface area (Å²) < 4.78 is 5.97. The van der Waals surface area contributed by atoms with Gasteiger partial charge in [0.15, 0.2) is 0 Å². The van der Waals surface area contributed by atoms with E-state index in [1.165, 1.54) is 52.1 Å². The molecular formula is C28H43N5O4. The van der Waals surface area contributed by atoms with Gasteiger partial charge in [0, 0.05) is 38.2 Å². The zero-order valence-corrected chi connectivity index (χ0v) is 22.5. The fourth-order valence-corrected chi connectivity index (χ4v) is 5.63. The van der Waals surface area contributed by atoms with Crippen molar-refractivity contribution in [2.75, 3.05) is 33.9 Å². The predicted octanol–water partition coefficient (Wildman–Crippen LogP) is 3.90. The van der Waals surface area contributed by atoms with E-state index in [2.05, 4.69) is 15.8 Å². The smallest absolute Gasteiger partial charge is 0.239 e. The summed E-state index contributed by atoms with van der Waals surface area (Å²) in [5.41, 5.74) is 4.61. The normalized spacial score (nSPS) is 18.2. The van der Waals surface area contributed by atoms with Crippen molar-refractivity contribution >= 4 is 23.5 Å². The second-order valence-electron chi connectivity index (χ2n) is 10.6. The minimum absolute atomic E-state index is 0.0146. The molecule has 1 aliphatic heterocycles. The molecule has 2 fully saturated rings. The van der Waals surface area contributed by atoms with Crippen molar-refractivity contribution in [2.24, 2.45) is 10.9 Å². The van der Waals surface area contributed by atoms with Gasteiger partial charge in [-0.15, -0.1) is 0 Å². The Labute approximate surface area is 220 Å². The highest BCUT2D eigenvalue weighted by atomic mass is 16.6. The van der Waals surface area contributed by atoms with Crippen LogP contribution >= 0.6 is 0 Å². The number of fused-ring (bicyclic) bond motifs is 1. The Morgan fingerprint density at radius 2 is 1.86 bits per heavy atom. The lowest BCUT2D eigenvalue weighted by Gasteiger charge is -2.30. The molecule has 0 aromatic heterocycles. The van der Waals surface area contributed by atoms with E-state index in [0.717, 1.165) is 36.4 Å². The van der Waals surface area contributed by atoms with Crippen molar-refractivity contribution in [1.82, 2.24) is 20.6 Å². The zero-order valence-electron chi connectivity index (χ0n) is 22.5. The van der Waals surface area contributed by atoms with Gasteiger partial charge >= 0.3 is 0 Å². The molecular weight excluding hydrogens is 470 g/mol. The van der Waals surface area contributed by atoms with Crippen LogP contribution in [0.4, 0.5) is 5.69 Å². The van der Waals surface area contributed by atoms with Crippen LogP contribution in [-0.2, 0) is 21.0 Å². The molecule has 9 heteroatoms. The second kappa shape index (κ2) is 13.7. The molecule has 1 aromatic rings. The minimum atomic E-state index is -0.0146. The van der Waals surface area contributed by atoms with Crippen LogP contribution in [0.2, 0.25) is 0 Å². The van der Waals surface area contributed by atoms with Crippen LogP contribution in [0.25, 0.3) is 0 Å². The van der Waals surface area contributed by atoms with Gasteiger partial charge in [-0.25, -0.2) is 10.5 Å². The standard InChI is InChI=1S/C28H43N5O4/c1-32(23-11-6-7-12-23)27(35)13-8-16-37-24-14-15-25-22(17-24)19-33(28(30-25)31-36-2)20-26(34)29-18-21-9-4-3-5-10-21/h14-15,17,21,23H,3-13,16,18-20H2,1-2H3,(H,29,34)(H,30,31). The van der Waals surface area contributed by atoms with Crippen LogP contribution in [0.5, 0.6) is 5.75 Å². The maximum absolute atomic E-state index is 12.7. The van der Waals surface area contributed by atoms with E-state index in [4.69, 9.17) is 9.57 Å². The van der Waals surface area contributed by atoms with E-state index in [0.29, 0.717) is 43.9 Å². The molecule has 0 atom stereocenters.